The average Bonchev–Trinajstić information content (AvgIpc) is 2.80. The van der Waals surface area contributed by atoms with Crippen molar-refractivity contribution >= 4 is 23.4 Å². The van der Waals surface area contributed by atoms with Gasteiger partial charge in [-0.2, -0.15) is 0 Å². The number of benzene rings is 1. The molecule has 1 unspecified atom stereocenters. The van der Waals surface area contributed by atoms with Gasteiger partial charge in [-0.05, 0) is 24.8 Å². The average molecular weight is 309 g/mol. The van der Waals surface area contributed by atoms with E-state index in [9.17, 15) is 9.90 Å². The number of nitrogens with one attached hydrogen (secondary N) is 1. The minimum atomic E-state index is -1.07. The third-order valence-electron chi connectivity index (χ3n) is 3.52. The van der Waals surface area contributed by atoms with Crippen LogP contribution in [0.4, 0.5) is 5.69 Å². The van der Waals surface area contributed by atoms with E-state index in [1.54, 1.807) is 18.1 Å². The highest BCUT2D eigenvalue weighted by molar-refractivity contribution is 8.00. The zero-order valence-corrected chi connectivity index (χ0v) is 13.0. The molecule has 1 aromatic rings. The van der Waals surface area contributed by atoms with E-state index in [2.05, 4.69) is 5.32 Å². The van der Waals surface area contributed by atoms with Gasteiger partial charge in [-0.1, -0.05) is 19.1 Å². The first-order valence-corrected chi connectivity index (χ1v) is 7.72. The SMILES string of the molecule is CCC1(SC)NC(N)=C(C(=O)O)N1c1ccccc1OC. The van der Waals surface area contributed by atoms with Crippen molar-refractivity contribution in [1.29, 1.82) is 0 Å². The topological polar surface area (TPSA) is 87.8 Å². The molecule has 4 N–H and O–H groups in total. The number of hydrogen-bond donors (Lipinski definition) is 3. The summed E-state index contributed by atoms with van der Waals surface area (Å²) in [6.45, 7) is 1.98. The summed E-state index contributed by atoms with van der Waals surface area (Å²) in [4.78, 5) is 12.7. The lowest BCUT2D eigenvalue weighted by Gasteiger charge is -2.38. The van der Waals surface area contributed by atoms with Gasteiger partial charge in [0.05, 0.1) is 12.8 Å². The molecular formula is C14H19N3O3S. The van der Waals surface area contributed by atoms with Gasteiger partial charge in [-0.25, -0.2) is 4.79 Å². The van der Waals surface area contributed by atoms with E-state index in [-0.39, 0.29) is 11.5 Å². The number of hydrogen-bond acceptors (Lipinski definition) is 6. The molecule has 0 saturated heterocycles. The van der Waals surface area contributed by atoms with Gasteiger partial charge in [-0.3, -0.25) is 4.90 Å². The Morgan fingerprint density at radius 1 is 1.52 bits per heavy atom. The number of aliphatic carboxylic acids is 1. The summed E-state index contributed by atoms with van der Waals surface area (Å²) in [7, 11) is 1.56. The highest BCUT2D eigenvalue weighted by Crippen LogP contribution is 2.44. The minimum Gasteiger partial charge on any atom is -0.495 e. The number of para-hydroxylation sites is 2. The van der Waals surface area contributed by atoms with Crippen LogP contribution in [0.25, 0.3) is 0 Å². The van der Waals surface area contributed by atoms with E-state index in [4.69, 9.17) is 10.5 Å². The molecule has 1 aliphatic rings. The maximum Gasteiger partial charge on any atom is 0.356 e. The molecule has 21 heavy (non-hydrogen) atoms. The Bertz CT molecular complexity index is 585. The molecule has 0 amide bonds. The summed E-state index contributed by atoms with van der Waals surface area (Å²) in [5.41, 5.74) is 6.62. The smallest absolute Gasteiger partial charge is 0.356 e. The number of rotatable bonds is 5. The monoisotopic (exact) mass is 309 g/mol. The Balaban J connectivity index is 2.65. The molecule has 1 aromatic carbocycles. The normalized spacial score (nSPS) is 21.4. The van der Waals surface area contributed by atoms with Crippen LogP contribution < -0.4 is 20.7 Å². The molecule has 6 nitrogen and oxygen atoms in total. The number of methoxy groups -OCH3 is 1. The molecule has 7 heteroatoms. The zero-order valence-electron chi connectivity index (χ0n) is 12.2. The number of nitrogens with zero attached hydrogens (tertiary/aromatic N) is 1. The Morgan fingerprint density at radius 2 is 2.19 bits per heavy atom. The molecule has 0 aliphatic carbocycles. The molecular weight excluding hydrogens is 290 g/mol. The van der Waals surface area contributed by atoms with Gasteiger partial charge in [0.1, 0.15) is 11.6 Å². The lowest BCUT2D eigenvalue weighted by Crippen LogP contribution is -2.50. The zero-order chi connectivity index (χ0) is 15.6. The predicted molar refractivity (Wildman–Crippen MR) is 84.0 cm³/mol. The predicted octanol–water partition coefficient (Wildman–Crippen LogP) is 1.74. The highest BCUT2D eigenvalue weighted by atomic mass is 32.2. The third-order valence-corrected chi connectivity index (χ3v) is 4.76. The van der Waals surface area contributed by atoms with Crippen LogP contribution in [0, 0.1) is 0 Å². The van der Waals surface area contributed by atoms with Gasteiger partial charge in [0, 0.05) is 0 Å². The summed E-state index contributed by atoms with van der Waals surface area (Å²) < 4.78 is 5.37. The molecule has 1 heterocycles. The highest BCUT2D eigenvalue weighted by Gasteiger charge is 2.47. The molecule has 0 spiro atoms. The van der Waals surface area contributed by atoms with Crippen molar-refractivity contribution in [3.8, 4) is 5.75 Å². The molecule has 0 radical (unpaired) electrons. The molecule has 114 valence electrons. The van der Waals surface area contributed by atoms with Crippen LogP contribution in [0.2, 0.25) is 0 Å². The summed E-state index contributed by atoms with van der Waals surface area (Å²) in [6.07, 6.45) is 2.57. The van der Waals surface area contributed by atoms with Gasteiger partial charge >= 0.3 is 5.97 Å². The van der Waals surface area contributed by atoms with Gasteiger partial charge in [0.25, 0.3) is 0 Å². The second-order valence-electron chi connectivity index (χ2n) is 4.54. The fourth-order valence-corrected chi connectivity index (χ4v) is 3.37. The van der Waals surface area contributed by atoms with Crippen LogP contribution in [0.15, 0.2) is 35.8 Å². The van der Waals surface area contributed by atoms with Crippen molar-refractivity contribution in [2.45, 2.75) is 18.3 Å². The first kappa shape index (κ1) is 15.4. The maximum absolute atomic E-state index is 11.6. The molecule has 0 aromatic heterocycles. The number of ether oxygens (including phenoxy) is 1. The number of nitrogens with two attached hydrogens (primary N) is 1. The van der Waals surface area contributed by atoms with Crippen molar-refractivity contribution in [3.05, 3.63) is 35.8 Å². The largest absolute Gasteiger partial charge is 0.495 e. The van der Waals surface area contributed by atoms with E-state index in [1.807, 2.05) is 31.4 Å². The first-order chi connectivity index (χ1) is 10.0. The molecule has 2 rings (SSSR count). The second-order valence-corrected chi connectivity index (χ2v) is 5.63. The molecule has 0 saturated carbocycles. The van der Waals surface area contributed by atoms with Crippen molar-refractivity contribution in [2.24, 2.45) is 5.73 Å². The second kappa shape index (κ2) is 5.77. The first-order valence-electron chi connectivity index (χ1n) is 6.50. The molecule has 0 fully saturated rings. The number of carboxylic acid groups (broad SMARTS) is 1. The third kappa shape index (κ3) is 2.37. The summed E-state index contributed by atoms with van der Waals surface area (Å²) in [5, 5.41) is 12.6. The van der Waals surface area contributed by atoms with E-state index < -0.39 is 11.0 Å². The quantitative estimate of drug-likeness (QED) is 0.763. The fourth-order valence-electron chi connectivity index (χ4n) is 2.50. The van der Waals surface area contributed by atoms with Crippen molar-refractivity contribution in [1.82, 2.24) is 5.32 Å². The van der Waals surface area contributed by atoms with E-state index >= 15 is 0 Å². The standard InChI is InChI=1S/C14H19N3O3S/c1-4-14(21-3)16-12(15)11(13(18)19)17(14)9-7-5-6-8-10(9)20-2/h5-8,16H,4,15H2,1-3H3,(H,18,19). The van der Waals surface area contributed by atoms with Crippen LogP contribution in [0.1, 0.15) is 13.3 Å². The number of carbonyl (C=O) groups is 1. The molecule has 1 atom stereocenters. The van der Waals surface area contributed by atoms with Crippen molar-refractivity contribution in [2.75, 3.05) is 18.3 Å². The van der Waals surface area contributed by atoms with Gasteiger partial charge in [-0.15, -0.1) is 11.8 Å². The van der Waals surface area contributed by atoms with Gasteiger partial charge in [0.2, 0.25) is 0 Å². The van der Waals surface area contributed by atoms with E-state index in [0.29, 0.717) is 17.9 Å². The number of anilines is 1. The number of carboxylic acids is 1. The fraction of sp³-hybridized carbons (Fsp3) is 0.357. The van der Waals surface area contributed by atoms with Crippen LogP contribution in [0.5, 0.6) is 5.75 Å². The van der Waals surface area contributed by atoms with Crippen LogP contribution in [-0.4, -0.2) is 29.4 Å². The van der Waals surface area contributed by atoms with Crippen molar-refractivity contribution < 1.29 is 14.6 Å². The van der Waals surface area contributed by atoms with Gasteiger partial charge in [0.15, 0.2) is 10.7 Å². The van der Waals surface area contributed by atoms with E-state index in [1.165, 1.54) is 11.8 Å². The Kier molecular flexibility index (Phi) is 4.22. The maximum atomic E-state index is 11.6. The van der Waals surface area contributed by atoms with Gasteiger partial charge < -0.3 is 20.9 Å². The summed E-state index contributed by atoms with van der Waals surface area (Å²) in [5.74, 6) is -0.320. The minimum absolute atomic E-state index is 0.0377. The van der Waals surface area contributed by atoms with Crippen LogP contribution in [-0.2, 0) is 4.79 Å². The number of thioether (sulfide) groups is 1. The Morgan fingerprint density at radius 3 is 2.71 bits per heavy atom. The molecule has 0 bridgehead atoms. The lowest BCUT2D eigenvalue weighted by atomic mass is 10.2. The lowest BCUT2D eigenvalue weighted by molar-refractivity contribution is -0.132. The Labute approximate surface area is 127 Å². The Hall–Kier alpha value is -2.02. The van der Waals surface area contributed by atoms with Crippen LogP contribution >= 0.6 is 11.8 Å². The summed E-state index contributed by atoms with van der Waals surface area (Å²) >= 11 is 1.50. The van der Waals surface area contributed by atoms with E-state index in [0.717, 1.165) is 0 Å². The van der Waals surface area contributed by atoms with Crippen molar-refractivity contribution in [3.63, 3.8) is 0 Å². The molecule has 1 aliphatic heterocycles. The van der Waals surface area contributed by atoms with Crippen LogP contribution in [0.3, 0.4) is 0 Å². The summed E-state index contributed by atoms with van der Waals surface area (Å²) in [6, 6.07) is 7.30.